The number of nitrogens with zero attached hydrogens (tertiary/aromatic N) is 1. The zero-order valence-corrected chi connectivity index (χ0v) is 16.6. The second-order valence-corrected chi connectivity index (χ2v) is 6.93. The second-order valence-electron chi connectivity index (χ2n) is 6.93. The fraction of sp³-hybridized carbons (Fsp3) is 0.391. The van der Waals surface area contributed by atoms with E-state index in [9.17, 15) is 5.11 Å². The minimum atomic E-state index is -0.136. The highest BCUT2D eigenvalue weighted by Crippen LogP contribution is 2.21. The number of β-amino-alcohol motifs (C(OH)–C–C–N with tert-alkyl or cyclic N) is 1. The van der Waals surface area contributed by atoms with Crippen LogP contribution >= 0.6 is 12.4 Å². The van der Waals surface area contributed by atoms with Gasteiger partial charge in [0.15, 0.2) is 0 Å². The molecule has 2 aromatic rings. The summed E-state index contributed by atoms with van der Waals surface area (Å²) in [5, 5.41) is 9.72. The van der Waals surface area contributed by atoms with E-state index in [0.29, 0.717) is 0 Å². The van der Waals surface area contributed by atoms with Crippen LogP contribution in [0.4, 0.5) is 0 Å². The van der Waals surface area contributed by atoms with Gasteiger partial charge in [0.25, 0.3) is 0 Å². The zero-order valence-electron chi connectivity index (χ0n) is 15.8. The lowest BCUT2D eigenvalue weighted by Gasteiger charge is -2.29. The van der Waals surface area contributed by atoms with E-state index in [1.165, 1.54) is 5.56 Å². The van der Waals surface area contributed by atoms with Gasteiger partial charge < -0.3 is 14.7 Å². The highest BCUT2D eigenvalue weighted by atomic mass is 35.5. The minimum Gasteiger partial charge on any atom is -0.493 e. The number of aliphatic hydroxyl groups is 1. The second kappa shape index (κ2) is 11.8. The van der Waals surface area contributed by atoms with E-state index in [1.54, 1.807) is 0 Å². The molecule has 1 aliphatic rings. The maximum Gasteiger partial charge on any atom is 0.126 e. The van der Waals surface area contributed by atoms with Crippen molar-refractivity contribution in [2.75, 3.05) is 26.2 Å². The number of unbranched alkanes of at least 4 members (excludes halogenated alkanes) is 1. The third-order valence-corrected chi connectivity index (χ3v) is 4.78. The summed E-state index contributed by atoms with van der Waals surface area (Å²) in [6.45, 7) is 3.72. The molecule has 0 bridgehead atoms. The van der Waals surface area contributed by atoms with Crippen LogP contribution in [0.15, 0.2) is 54.6 Å². The first kappa shape index (κ1) is 21.5. The first-order valence-corrected chi connectivity index (χ1v) is 9.66. The average molecular weight is 388 g/mol. The molecule has 1 atom stereocenters. The van der Waals surface area contributed by atoms with E-state index < -0.39 is 0 Å². The molecule has 3 nitrogen and oxygen atoms in total. The summed E-state index contributed by atoms with van der Waals surface area (Å²) in [4.78, 5) is 2.37. The summed E-state index contributed by atoms with van der Waals surface area (Å²) < 4.78 is 6.02. The fourth-order valence-electron chi connectivity index (χ4n) is 3.35. The van der Waals surface area contributed by atoms with Crippen LogP contribution in [-0.4, -0.2) is 42.4 Å². The summed E-state index contributed by atoms with van der Waals surface area (Å²) in [6, 6.07) is 18.5. The number of rotatable bonds is 8. The number of piperidine rings is 1. The highest BCUT2D eigenvalue weighted by molar-refractivity contribution is 5.85. The van der Waals surface area contributed by atoms with Crippen molar-refractivity contribution in [3.05, 3.63) is 65.7 Å². The summed E-state index contributed by atoms with van der Waals surface area (Å²) in [5.41, 5.74) is 2.29. The molecular weight excluding hydrogens is 358 g/mol. The smallest absolute Gasteiger partial charge is 0.126 e. The van der Waals surface area contributed by atoms with Crippen molar-refractivity contribution in [3.8, 4) is 5.75 Å². The lowest BCUT2D eigenvalue weighted by Crippen LogP contribution is -2.38. The Morgan fingerprint density at radius 3 is 2.59 bits per heavy atom. The Bertz CT molecular complexity index is 690. The van der Waals surface area contributed by atoms with Gasteiger partial charge in [-0.15, -0.1) is 12.4 Å². The molecular formula is C23H30ClNO2. The Morgan fingerprint density at radius 2 is 1.78 bits per heavy atom. The number of likely N-dealkylation sites (tertiary alicyclic amines) is 1. The molecule has 1 fully saturated rings. The maximum atomic E-state index is 9.72. The number of benzene rings is 2. The van der Waals surface area contributed by atoms with Crippen LogP contribution in [0.2, 0.25) is 0 Å². The summed E-state index contributed by atoms with van der Waals surface area (Å²) in [5.74, 6) is 0.938. The van der Waals surface area contributed by atoms with Crippen LogP contribution in [0.3, 0.4) is 0 Å². The topological polar surface area (TPSA) is 32.7 Å². The number of ether oxygens (including phenoxy) is 1. The van der Waals surface area contributed by atoms with Crippen molar-refractivity contribution >= 4 is 24.6 Å². The SMILES string of the molecule is Cl.OC1CCCN(CCCCOc2ccccc2C=Cc2ccccc2)C1. The largest absolute Gasteiger partial charge is 0.493 e. The zero-order chi connectivity index (χ0) is 18.0. The van der Waals surface area contributed by atoms with Crippen molar-refractivity contribution in [2.45, 2.75) is 31.8 Å². The molecule has 27 heavy (non-hydrogen) atoms. The molecule has 1 saturated heterocycles. The van der Waals surface area contributed by atoms with Crippen molar-refractivity contribution in [3.63, 3.8) is 0 Å². The van der Waals surface area contributed by atoms with Crippen molar-refractivity contribution in [2.24, 2.45) is 0 Å². The van der Waals surface area contributed by atoms with E-state index in [4.69, 9.17) is 4.74 Å². The van der Waals surface area contributed by atoms with Gasteiger partial charge >= 0.3 is 0 Å². The van der Waals surface area contributed by atoms with Gasteiger partial charge in [0, 0.05) is 12.1 Å². The van der Waals surface area contributed by atoms with E-state index in [0.717, 1.165) is 63.2 Å². The molecule has 0 amide bonds. The van der Waals surface area contributed by atoms with E-state index in [2.05, 4.69) is 35.3 Å². The molecule has 0 radical (unpaired) electrons. The lowest BCUT2D eigenvalue weighted by molar-refractivity contribution is 0.0693. The molecule has 0 aliphatic carbocycles. The van der Waals surface area contributed by atoms with Gasteiger partial charge in [0.05, 0.1) is 12.7 Å². The summed E-state index contributed by atoms with van der Waals surface area (Å²) in [6.07, 6.45) is 8.29. The highest BCUT2D eigenvalue weighted by Gasteiger charge is 2.16. The Hall–Kier alpha value is -1.81. The first-order chi connectivity index (χ1) is 12.8. The monoisotopic (exact) mass is 387 g/mol. The van der Waals surface area contributed by atoms with Crippen molar-refractivity contribution in [1.82, 2.24) is 4.90 Å². The first-order valence-electron chi connectivity index (χ1n) is 9.66. The molecule has 0 aromatic heterocycles. The van der Waals surface area contributed by atoms with Gasteiger partial charge in [-0.2, -0.15) is 0 Å². The van der Waals surface area contributed by atoms with E-state index >= 15 is 0 Å². The third-order valence-electron chi connectivity index (χ3n) is 4.78. The standard InChI is InChI=1S/C23H29NO2.ClH/c25-22-12-8-17-24(19-22)16-6-7-18-26-23-13-5-4-11-21(23)15-14-20-9-2-1-3-10-20;/h1-5,9-11,13-15,22,25H,6-8,12,16-19H2;1H. The van der Waals surface area contributed by atoms with Gasteiger partial charge in [-0.25, -0.2) is 0 Å². The van der Waals surface area contributed by atoms with Crippen LogP contribution in [-0.2, 0) is 0 Å². The van der Waals surface area contributed by atoms with E-state index in [1.807, 2.05) is 36.4 Å². The predicted molar refractivity (Wildman–Crippen MR) is 115 cm³/mol. The van der Waals surface area contributed by atoms with Crippen LogP contribution in [0.5, 0.6) is 5.75 Å². The molecule has 2 aromatic carbocycles. The maximum absolute atomic E-state index is 9.72. The quantitative estimate of drug-likeness (QED) is 0.516. The Morgan fingerprint density at radius 1 is 1.00 bits per heavy atom. The van der Waals surface area contributed by atoms with E-state index in [-0.39, 0.29) is 18.5 Å². The number of para-hydroxylation sites is 1. The number of hydrogen-bond acceptors (Lipinski definition) is 3. The molecule has 1 heterocycles. The van der Waals surface area contributed by atoms with Crippen LogP contribution in [0.1, 0.15) is 36.8 Å². The van der Waals surface area contributed by atoms with Crippen LogP contribution in [0.25, 0.3) is 12.2 Å². The minimum absolute atomic E-state index is 0. The Kier molecular flexibility index (Phi) is 9.40. The van der Waals surface area contributed by atoms with Gasteiger partial charge in [-0.1, -0.05) is 60.7 Å². The fourth-order valence-corrected chi connectivity index (χ4v) is 3.35. The van der Waals surface area contributed by atoms with Crippen LogP contribution in [0, 0.1) is 0 Å². The van der Waals surface area contributed by atoms with Crippen molar-refractivity contribution in [1.29, 1.82) is 0 Å². The summed E-state index contributed by atoms with van der Waals surface area (Å²) >= 11 is 0. The van der Waals surface area contributed by atoms with Gasteiger partial charge in [0.1, 0.15) is 5.75 Å². The molecule has 0 saturated carbocycles. The molecule has 1 aliphatic heterocycles. The molecule has 1 N–H and O–H groups in total. The molecule has 3 rings (SSSR count). The predicted octanol–water partition coefficient (Wildman–Crippen LogP) is 4.89. The third kappa shape index (κ3) is 7.37. The number of halogens is 1. The normalized spacial score (nSPS) is 17.6. The number of aliphatic hydroxyl groups excluding tert-OH is 1. The van der Waals surface area contributed by atoms with Gasteiger partial charge in [0.2, 0.25) is 0 Å². The number of hydrogen-bond donors (Lipinski definition) is 1. The Labute approximate surface area is 169 Å². The molecule has 0 spiro atoms. The van der Waals surface area contributed by atoms with Gasteiger partial charge in [-0.05, 0) is 50.4 Å². The molecule has 1 unspecified atom stereocenters. The van der Waals surface area contributed by atoms with Crippen molar-refractivity contribution < 1.29 is 9.84 Å². The Balaban J connectivity index is 0.00000261. The lowest BCUT2D eigenvalue weighted by atomic mass is 10.1. The average Bonchev–Trinajstić information content (AvgIpc) is 2.68. The van der Waals surface area contributed by atoms with Crippen LogP contribution < -0.4 is 4.74 Å². The molecule has 4 heteroatoms. The summed E-state index contributed by atoms with van der Waals surface area (Å²) in [7, 11) is 0. The molecule has 146 valence electrons. The van der Waals surface area contributed by atoms with Gasteiger partial charge in [-0.3, -0.25) is 0 Å².